The quantitative estimate of drug-likeness (QED) is 0.613. The number of anilines is 1. The number of aromatic nitrogens is 1. The van der Waals surface area contributed by atoms with Gasteiger partial charge in [-0.1, -0.05) is 12.1 Å². The van der Waals surface area contributed by atoms with Gasteiger partial charge in [-0.25, -0.2) is 4.98 Å². The second-order valence-corrected chi connectivity index (χ2v) is 7.59. The normalized spacial score (nSPS) is 14.4. The number of hydrogen-bond acceptors (Lipinski definition) is 5. The van der Waals surface area contributed by atoms with Crippen LogP contribution in [0.4, 0.5) is 5.69 Å². The maximum absolute atomic E-state index is 12.5. The summed E-state index contributed by atoms with van der Waals surface area (Å²) in [5.74, 6) is 0.508. The Bertz CT molecular complexity index is 862. The third kappa shape index (κ3) is 5.38. The van der Waals surface area contributed by atoms with Crippen molar-refractivity contribution >= 4 is 17.5 Å². The summed E-state index contributed by atoms with van der Waals surface area (Å²) in [4.78, 5) is 32.2. The maximum atomic E-state index is 12.5. The molecule has 2 N–H and O–H groups in total. The number of ether oxygens (including phenoxy) is 1. The molecule has 3 rings (SSSR count). The summed E-state index contributed by atoms with van der Waals surface area (Å²) in [6.07, 6.45) is 3.31. The van der Waals surface area contributed by atoms with Crippen molar-refractivity contribution < 1.29 is 23.6 Å². The van der Waals surface area contributed by atoms with E-state index < -0.39 is 0 Å². The minimum absolute atomic E-state index is 0.0300. The summed E-state index contributed by atoms with van der Waals surface area (Å²) in [5.41, 5.74) is 0.891. The summed E-state index contributed by atoms with van der Waals surface area (Å²) >= 11 is 0. The Morgan fingerprint density at radius 3 is 2.83 bits per heavy atom. The average Bonchev–Trinajstić information content (AvgIpc) is 3.22. The highest BCUT2D eigenvalue weighted by Crippen LogP contribution is 2.32. The van der Waals surface area contributed by atoms with Gasteiger partial charge in [0.1, 0.15) is 18.6 Å². The molecule has 0 aliphatic carbocycles. The Morgan fingerprint density at radius 1 is 1.30 bits per heavy atom. The van der Waals surface area contributed by atoms with E-state index in [9.17, 15) is 9.59 Å². The Labute approximate surface area is 177 Å². The van der Waals surface area contributed by atoms with Gasteiger partial charge < -0.3 is 19.4 Å². The fourth-order valence-electron chi connectivity index (χ4n) is 3.58. The third-order valence-electron chi connectivity index (χ3n) is 5.43. The van der Waals surface area contributed by atoms with Crippen LogP contribution in [0.5, 0.6) is 5.75 Å². The van der Waals surface area contributed by atoms with Gasteiger partial charge in [-0.05, 0) is 45.7 Å². The summed E-state index contributed by atoms with van der Waals surface area (Å²) in [6.45, 7) is 9.84. The number of nitrogens with one attached hydrogen (secondary N) is 2. The minimum atomic E-state index is -0.263. The first kappa shape index (κ1) is 21.8. The monoisotopic (exact) mass is 415 g/mol. The molecule has 2 aromatic rings. The number of para-hydroxylation sites is 2. The number of rotatable bonds is 10. The van der Waals surface area contributed by atoms with Crippen molar-refractivity contribution in [2.24, 2.45) is 0 Å². The lowest BCUT2D eigenvalue weighted by Crippen LogP contribution is -3.11. The zero-order valence-electron chi connectivity index (χ0n) is 17.9. The molecule has 1 aromatic carbocycles. The predicted molar refractivity (Wildman–Crippen MR) is 113 cm³/mol. The maximum Gasteiger partial charge on any atom is 0.273 e. The molecule has 0 saturated carbocycles. The number of fused-ring (bicyclic) bond motifs is 1. The van der Waals surface area contributed by atoms with Crippen molar-refractivity contribution in [3.05, 3.63) is 42.1 Å². The van der Waals surface area contributed by atoms with E-state index in [4.69, 9.17) is 9.15 Å². The summed E-state index contributed by atoms with van der Waals surface area (Å²) in [6, 6.07) is 7.37. The van der Waals surface area contributed by atoms with E-state index in [1.165, 1.54) is 6.26 Å². The smallest absolute Gasteiger partial charge is 0.273 e. The molecule has 1 aliphatic heterocycles. The van der Waals surface area contributed by atoms with Crippen LogP contribution in [0.15, 0.2) is 34.9 Å². The van der Waals surface area contributed by atoms with E-state index in [0.717, 1.165) is 32.5 Å². The molecule has 0 spiro atoms. The van der Waals surface area contributed by atoms with Crippen molar-refractivity contribution in [2.75, 3.05) is 31.1 Å². The second kappa shape index (κ2) is 10.2. The Kier molecular flexibility index (Phi) is 7.46. The molecular weight excluding hydrogens is 384 g/mol. The molecule has 0 bridgehead atoms. The number of amides is 2. The Balaban J connectivity index is 1.55. The van der Waals surface area contributed by atoms with E-state index in [0.29, 0.717) is 17.3 Å². The highest BCUT2D eigenvalue weighted by Gasteiger charge is 2.27. The number of quaternary nitrogens is 1. The molecule has 8 heteroatoms. The van der Waals surface area contributed by atoms with Gasteiger partial charge in [0.05, 0.1) is 25.3 Å². The van der Waals surface area contributed by atoms with Gasteiger partial charge >= 0.3 is 0 Å². The van der Waals surface area contributed by atoms with Crippen LogP contribution >= 0.6 is 0 Å². The summed E-state index contributed by atoms with van der Waals surface area (Å²) < 4.78 is 10.9. The lowest BCUT2D eigenvalue weighted by molar-refractivity contribution is -0.896. The predicted octanol–water partition coefficient (Wildman–Crippen LogP) is 1.42. The van der Waals surface area contributed by atoms with Crippen molar-refractivity contribution in [1.82, 2.24) is 10.3 Å². The van der Waals surface area contributed by atoms with Crippen LogP contribution in [-0.4, -0.2) is 49.1 Å². The van der Waals surface area contributed by atoms with Gasteiger partial charge in [0, 0.05) is 6.04 Å². The first-order valence-corrected chi connectivity index (χ1v) is 10.6. The molecule has 0 radical (unpaired) electrons. The van der Waals surface area contributed by atoms with E-state index in [1.807, 2.05) is 31.2 Å². The fourth-order valence-corrected chi connectivity index (χ4v) is 3.58. The third-order valence-corrected chi connectivity index (χ3v) is 5.43. The van der Waals surface area contributed by atoms with E-state index in [-0.39, 0.29) is 36.7 Å². The number of carbonyl (C=O) groups is 2. The van der Waals surface area contributed by atoms with Gasteiger partial charge in [0.15, 0.2) is 12.3 Å². The Morgan fingerprint density at radius 2 is 2.07 bits per heavy atom. The number of oxazole rings is 1. The molecule has 2 amide bonds. The summed E-state index contributed by atoms with van der Waals surface area (Å²) in [5, 5.41) is 2.98. The Hall–Kier alpha value is -2.87. The number of benzene rings is 1. The van der Waals surface area contributed by atoms with Crippen LogP contribution in [0, 0.1) is 0 Å². The largest absolute Gasteiger partial charge is 0.482 e. The lowest BCUT2D eigenvalue weighted by atomic mass is 10.1. The molecule has 0 fully saturated rings. The standard InChI is InChI=1S/C22H30N4O4/c1-4-25(5-2)12-8-9-16(3)23-22(28)17-14-30-20(24-17)13-26-18-10-6-7-11-19(18)29-15-21(26)27/h6-7,10-11,14,16H,4-5,8-9,12-13,15H2,1-3H3,(H,23,28)/p+1/t16-/m0/s1. The van der Waals surface area contributed by atoms with Crippen molar-refractivity contribution in [3.8, 4) is 5.75 Å². The van der Waals surface area contributed by atoms with Crippen LogP contribution in [0.25, 0.3) is 0 Å². The van der Waals surface area contributed by atoms with Gasteiger partial charge in [0.25, 0.3) is 11.8 Å². The second-order valence-electron chi connectivity index (χ2n) is 7.59. The fraction of sp³-hybridized carbons (Fsp3) is 0.500. The molecule has 0 unspecified atom stereocenters. The van der Waals surface area contributed by atoms with Gasteiger partial charge in [-0.3, -0.25) is 14.5 Å². The van der Waals surface area contributed by atoms with Crippen molar-refractivity contribution in [3.63, 3.8) is 0 Å². The number of carbonyl (C=O) groups excluding carboxylic acids is 2. The highest BCUT2D eigenvalue weighted by atomic mass is 16.5. The SMILES string of the molecule is CC[NH+](CC)CCC[C@H](C)NC(=O)c1coc(CN2C(=O)COc3ccccc32)n1. The van der Waals surface area contributed by atoms with E-state index in [1.54, 1.807) is 9.80 Å². The molecule has 162 valence electrons. The van der Waals surface area contributed by atoms with Crippen LogP contribution < -0.4 is 19.9 Å². The van der Waals surface area contributed by atoms with Gasteiger partial charge in [-0.2, -0.15) is 0 Å². The van der Waals surface area contributed by atoms with Crippen LogP contribution in [0.3, 0.4) is 0 Å². The summed E-state index contributed by atoms with van der Waals surface area (Å²) in [7, 11) is 0. The molecule has 1 aromatic heterocycles. The average molecular weight is 416 g/mol. The molecule has 1 atom stereocenters. The molecule has 1 aliphatic rings. The number of hydrogen-bond donors (Lipinski definition) is 2. The van der Waals surface area contributed by atoms with Crippen molar-refractivity contribution in [2.45, 2.75) is 46.2 Å². The van der Waals surface area contributed by atoms with E-state index in [2.05, 4.69) is 24.1 Å². The first-order valence-electron chi connectivity index (χ1n) is 10.6. The van der Waals surface area contributed by atoms with E-state index >= 15 is 0 Å². The van der Waals surface area contributed by atoms with Crippen LogP contribution in [0.1, 0.15) is 50.0 Å². The lowest BCUT2D eigenvalue weighted by Gasteiger charge is -2.28. The molecule has 0 saturated heterocycles. The first-order chi connectivity index (χ1) is 14.5. The molecular formula is C22H31N4O4+. The zero-order chi connectivity index (χ0) is 21.5. The molecule has 2 heterocycles. The highest BCUT2D eigenvalue weighted by molar-refractivity contribution is 5.97. The van der Waals surface area contributed by atoms with Crippen LogP contribution in [0.2, 0.25) is 0 Å². The van der Waals surface area contributed by atoms with Gasteiger partial charge in [0.2, 0.25) is 5.89 Å². The topological polar surface area (TPSA) is 89.1 Å². The van der Waals surface area contributed by atoms with Crippen molar-refractivity contribution in [1.29, 1.82) is 0 Å². The van der Waals surface area contributed by atoms with Crippen LogP contribution in [-0.2, 0) is 11.3 Å². The molecule has 8 nitrogen and oxygen atoms in total. The number of nitrogens with zero attached hydrogens (tertiary/aromatic N) is 2. The molecule has 30 heavy (non-hydrogen) atoms. The van der Waals surface area contributed by atoms with Gasteiger partial charge in [-0.15, -0.1) is 0 Å². The zero-order valence-corrected chi connectivity index (χ0v) is 17.9. The minimum Gasteiger partial charge on any atom is -0.482 e.